The fraction of sp³-hybridized carbons (Fsp3) is 0.529. The predicted octanol–water partition coefficient (Wildman–Crippen LogP) is 1.61. The number of nitrogens with one attached hydrogen (secondary N) is 1. The standard InChI is InChI=1S/C17H24ClN3O3/c1-20(12-17(23)24)11-16(22)19-10-15(21-8-4-5-9-21)13-6-2-3-7-14(13)18/h2-3,6-7,15H,4-5,8-12H2,1H3,(H,19,22)(H,23,24). The molecule has 0 aliphatic carbocycles. The van der Waals surface area contributed by atoms with Crippen LogP contribution in [0.1, 0.15) is 24.4 Å². The Morgan fingerprint density at radius 1 is 1.29 bits per heavy atom. The zero-order valence-electron chi connectivity index (χ0n) is 13.9. The lowest BCUT2D eigenvalue weighted by molar-refractivity contribution is -0.138. The maximum absolute atomic E-state index is 12.1. The molecule has 1 amide bonds. The minimum Gasteiger partial charge on any atom is -0.480 e. The zero-order chi connectivity index (χ0) is 17.5. The first-order valence-electron chi connectivity index (χ1n) is 8.13. The molecular formula is C17H24ClN3O3. The number of carbonyl (C=O) groups is 2. The second kappa shape index (κ2) is 9.01. The van der Waals surface area contributed by atoms with Crippen molar-refractivity contribution >= 4 is 23.5 Å². The number of nitrogens with zero attached hydrogens (tertiary/aromatic N) is 2. The number of aliphatic carboxylic acids is 1. The highest BCUT2D eigenvalue weighted by Gasteiger charge is 2.25. The van der Waals surface area contributed by atoms with Crippen molar-refractivity contribution in [2.24, 2.45) is 0 Å². The number of carboxylic acids is 1. The number of carboxylic acid groups (broad SMARTS) is 1. The van der Waals surface area contributed by atoms with Gasteiger partial charge < -0.3 is 10.4 Å². The van der Waals surface area contributed by atoms with Gasteiger partial charge in [0.2, 0.25) is 5.91 Å². The Hall–Kier alpha value is -1.63. The summed E-state index contributed by atoms with van der Waals surface area (Å²) in [7, 11) is 1.61. The number of likely N-dealkylation sites (N-methyl/N-ethyl adjacent to an activating group) is 1. The molecule has 1 aliphatic heterocycles. The van der Waals surface area contributed by atoms with E-state index < -0.39 is 5.97 Å². The molecule has 2 rings (SSSR count). The van der Waals surface area contributed by atoms with Crippen molar-refractivity contribution in [1.82, 2.24) is 15.1 Å². The first kappa shape index (κ1) is 18.7. The summed E-state index contributed by atoms with van der Waals surface area (Å²) in [6.07, 6.45) is 2.30. The van der Waals surface area contributed by atoms with Gasteiger partial charge in [0, 0.05) is 11.6 Å². The van der Waals surface area contributed by atoms with Gasteiger partial charge in [-0.05, 0) is 44.6 Å². The van der Waals surface area contributed by atoms with E-state index in [1.54, 1.807) is 7.05 Å². The fourth-order valence-corrected chi connectivity index (χ4v) is 3.29. The second-order valence-electron chi connectivity index (χ2n) is 6.15. The van der Waals surface area contributed by atoms with E-state index in [1.807, 2.05) is 24.3 Å². The van der Waals surface area contributed by atoms with Crippen molar-refractivity contribution in [2.75, 3.05) is 39.8 Å². The molecule has 0 bridgehead atoms. The quantitative estimate of drug-likeness (QED) is 0.743. The number of hydrogen-bond acceptors (Lipinski definition) is 4. The maximum Gasteiger partial charge on any atom is 0.317 e. The van der Waals surface area contributed by atoms with Crippen LogP contribution in [-0.4, -0.2) is 66.6 Å². The van der Waals surface area contributed by atoms with Crippen molar-refractivity contribution in [2.45, 2.75) is 18.9 Å². The summed E-state index contributed by atoms with van der Waals surface area (Å²) in [5.41, 5.74) is 1.01. The molecule has 7 heteroatoms. The van der Waals surface area contributed by atoms with E-state index in [-0.39, 0.29) is 25.0 Å². The van der Waals surface area contributed by atoms with Crippen LogP contribution in [0.2, 0.25) is 5.02 Å². The third-order valence-electron chi connectivity index (χ3n) is 4.16. The van der Waals surface area contributed by atoms with Gasteiger partial charge in [-0.2, -0.15) is 0 Å². The van der Waals surface area contributed by atoms with Gasteiger partial charge in [-0.25, -0.2) is 0 Å². The van der Waals surface area contributed by atoms with Crippen LogP contribution in [0.4, 0.5) is 0 Å². The molecule has 0 aromatic heterocycles. The van der Waals surface area contributed by atoms with E-state index >= 15 is 0 Å². The summed E-state index contributed by atoms with van der Waals surface area (Å²) in [6, 6.07) is 7.74. The van der Waals surface area contributed by atoms with Gasteiger partial charge in [0.1, 0.15) is 0 Å². The van der Waals surface area contributed by atoms with Crippen LogP contribution in [0.5, 0.6) is 0 Å². The predicted molar refractivity (Wildman–Crippen MR) is 93.1 cm³/mol. The average Bonchev–Trinajstić information content (AvgIpc) is 3.02. The number of benzene rings is 1. The molecule has 1 aliphatic rings. The molecular weight excluding hydrogens is 330 g/mol. The molecule has 1 aromatic carbocycles. The lowest BCUT2D eigenvalue weighted by atomic mass is 10.1. The Bertz CT molecular complexity index is 576. The Labute approximate surface area is 147 Å². The highest BCUT2D eigenvalue weighted by molar-refractivity contribution is 6.31. The third kappa shape index (κ3) is 5.47. The van der Waals surface area contributed by atoms with E-state index in [2.05, 4.69) is 10.2 Å². The Kier molecular flexibility index (Phi) is 7.02. The number of amides is 1. The molecule has 1 unspecified atom stereocenters. The second-order valence-corrected chi connectivity index (χ2v) is 6.56. The molecule has 24 heavy (non-hydrogen) atoms. The summed E-state index contributed by atoms with van der Waals surface area (Å²) in [5, 5.41) is 12.4. The molecule has 1 heterocycles. The highest BCUT2D eigenvalue weighted by Crippen LogP contribution is 2.29. The number of carbonyl (C=O) groups excluding carboxylic acids is 1. The summed E-state index contributed by atoms with van der Waals surface area (Å²) in [6.45, 7) is 2.34. The van der Waals surface area contributed by atoms with Crippen molar-refractivity contribution in [3.63, 3.8) is 0 Å². The first-order chi connectivity index (χ1) is 11.5. The van der Waals surface area contributed by atoms with Crippen molar-refractivity contribution in [3.8, 4) is 0 Å². The topological polar surface area (TPSA) is 72.9 Å². The molecule has 132 valence electrons. The van der Waals surface area contributed by atoms with Crippen LogP contribution < -0.4 is 5.32 Å². The number of likely N-dealkylation sites (tertiary alicyclic amines) is 1. The molecule has 0 spiro atoms. The minimum absolute atomic E-state index is 0.0370. The lowest BCUT2D eigenvalue weighted by Gasteiger charge is -2.29. The van der Waals surface area contributed by atoms with Gasteiger partial charge in [0.15, 0.2) is 0 Å². The van der Waals surface area contributed by atoms with Gasteiger partial charge in [-0.1, -0.05) is 29.8 Å². The minimum atomic E-state index is -0.948. The highest BCUT2D eigenvalue weighted by atomic mass is 35.5. The normalized spacial score (nSPS) is 16.3. The number of halogens is 1. The summed E-state index contributed by atoms with van der Waals surface area (Å²) in [4.78, 5) is 26.5. The van der Waals surface area contributed by atoms with E-state index in [1.165, 1.54) is 4.90 Å². The van der Waals surface area contributed by atoms with Gasteiger partial charge in [0.05, 0.1) is 19.1 Å². The Morgan fingerprint density at radius 2 is 1.96 bits per heavy atom. The molecule has 1 fully saturated rings. The van der Waals surface area contributed by atoms with Gasteiger partial charge >= 0.3 is 5.97 Å². The Balaban J connectivity index is 1.97. The first-order valence-corrected chi connectivity index (χ1v) is 8.50. The molecule has 6 nitrogen and oxygen atoms in total. The fourth-order valence-electron chi connectivity index (χ4n) is 3.03. The number of rotatable bonds is 8. The lowest BCUT2D eigenvalue weighted by Crippen LogP contribution is -2.41. The van der Waals surface area contributed by atoms with E-state index in [4.69, 9.17) is 16.7 Å². The van der Waals surface area contributed by atoms with Gasteiger partial charge in [-0.15, -0.1) is 0 Å². The van der Waals surface area contributed by atoms with E-state index in [0.717, 1.165) is 31.5 Å². The number of hydrogen-bond donors (Lipinski definition) is 2. The van der Waals surface area contributed by atoms with Gasteiger partial charge in [-0.3, -0.25) is 19.4 Å². The third-order valence-corrected chi connectivity index (χ3v) is 4.50. The molecule has 0 saturated carbocycles. The summed E-state index contributed by atoms with van der Waals surface area (Å²) in [5.74, 6) is -1.13. The van der Waals surface area contributed by atoms with E-state index in [9.17, 15) is 9.59 Å². The molecule has 0 radical (unpaired) electrons. The van der Waals surface area contributed by atoms with Crippen molar-refractivity contribution in [3.05, 3.63) is 34.9 Å². The molecule has 1 saturated heterocycles. The zero-order valence-corrected chi connectivity index (χ0v) is 14.6. The van der Waals surface area contributed by atoms with Gasteiger partial charge in [0.25, 0.3) is 0 Å². The molecule has 1 atom stereocenters. The average molecular weight is 354 g/mol. The smallest absolute Gasteiger partial charge is 0.317 e. The van der Waals surface area contributed by atoms with Crippen molar-refractivity contribution < 1.29 is 14.7 Å². The SMILES string of the molecule is CN(CC(=O)O)CC(=O)NCC(c1ccccc1Cl)N1CCCC1. The van der Waals surface area contributed by atoms with Crippen LogP contribution in [0.3, 0.4) is 0 Å². The van der Waals surface area contributed by atoms with Crippen LogP contribution in [-0.2, 0) is 9.59 Å². The summed E-state index contributed by atoms with van der Waals surface area (Å²) < 4.78 is 0. The van der Waals surface area contributed by atoms with Crippen LogP contribution in [0.15, 0.2) is 24.3 Å². The molecule has 1 aromatic rings. The molecule has 2 N–H and O–H groups in total. The summed E-state index contributed by atoms with van der Waals surface area (Å²) >= 11 is 6.34. The van der Waals surface area contributed by atoms with E-state index in [0.29, 0.717) is 11.6 Å². The largest absolute Gasteiger partial charge is 0.480 e. The maximum atomic E-state index is 12.1. The van der Waals surface area contributed by atoms with Crippen LogP contribution in [0.25, 0.3) is 0 Å². The Morgan fingerprint density at radius 3 is 2.58 bits per heavy atom. The van der Waals surface area contributed by atoms with Crippen molar-refractivity contribution in [1.29, 1.82) is 0 Å². The van der Waals surface area contributed by atoms with Crippen LogP contribution >= 0.6 is 11.6 Å². The van der Waals surface area contributed by atoms with Crippen LogP contribution in [0, 0.1) is 0 Å². The monoisotopic (exact) mass is 353 g/mol.